The van der Waals surface area contributed by atoms with Gasteiger partial charge in [0.15, 0.2) is 0 Å². The van der Waals surface area contributed by atoms with Crippen LogP contribution in [0.15, 0.2) is 0 Å². The fourth-order valence-electron chi connectivity index (χ4n) is 4.03. The van der Waals surface area contributed by atoms with Crippen LogP contribution in [0.25, 0.3) is 0 Å². The minimum absolute atomic E-state index is 0.00803. The summed E-state index contributed by atoms with van der Waals surface area (Å²) >= 11 is 0. The van der Waals surface area contributed by atoms with E-state index in [2.05, 4.69) is 0 Å². The Balaban J connectivity index is 1.76. The van der Waals surface area contributed by atoms with Crippen LogP contribution in [0.5, 0.6) is 0 Å². The standard InChI is InChI=1S/C15H18F2O7/c1-15(16,17)14(21)24-11-6-5-7-9(13(20)23-10(7)11)8(6)12(19)22-4-2-3-18/h6-11,18H,2-5H2,1H3. The molecule has 9 heteroatoms. The monoisotopic (exact) mass is 348 g/mol. The van der Waals surface area contributed by atoms with E-state index in [-0.39, 0.29) is 25.6 Å². The Hall–Kier alpha value is -1.77. The van der Waals surface area contributed by atoms with Gasteiger partial charge in [-0.05, 0) is 6.42 Å². The molecule has 1 heterocycles. The highest BCUT2D eigenvalue weighted by Crippen LogP contribution is 2.59. The molecule has 0 aromatic rings. The van der Waals surface area contributed by atoms with Gasteiger partial charge in [0.1, 0.15) is 12.2 Å². The molecule has 0 aromatic heterocycles. The molecule has 1 N–H and O–H groups in total. The molecule has 2 bridgehead atoms. The van der Waals surface area contributed by atoms with Gasteiger partial charge in [0, 0.05) is 31.8 Å². The average molecular weight is 348 g/mol. The van der Waals surface area contributed by atoms with Crippen molar-refractivity contribution in [1.82, 2.24) is 0 Å². The zero-order valence-corrected chi connectivity index (χ0v) is 12.9. The van der Waals surface area contributed by atoms with E-state index >= 15 is 0 Å². The van der Waals surface area contributed by atoms with Gasteiger partial charge in [-0.25, -0.2) is 4.79 Å². The Morgan fingerprint density at radius 3 is 2.71 bits per heavy atom. The highest BCUT2D eigenvalue weighted by atomic mass is 19.3. The summed E-state index contributed by atoms with van der Waals surface area (Å²) in [5.74, 6) is -9.07. The molecule has 3 fully saturated rings. The van der Waals surface area contributed by atoms with Crippen molar-refractivity contribution in [3.05, 3.63) is 0 Å². The first kappa shape index (κ1) is 17.1. The smallest absolute Gasteiger partial charge is 0.377 e. The Kier molecular flexibility index (Phi) is 4.23. The number of hydrogen-bond donors (Lipinski definition) is 1. The van der Waals surface area contributed by atoms with Gasteiger partial charge in [0.2, 0.25) is 0 Å². The van der Waals surface area contributed by atoms with Crippen molar-refractivity contribution >= 4 is 17.9 Å². The third kappa shape index (κ3) is 2.64. The molecule has 0 spiro atoms. The van der Waals surface area contributed by atoms with Crippen LogP contribution in [0.3, 0.4) is 0 Å². The molecule has 1 aliphatic heterocycles. The molecule has 134 valence electrons. The van der Waals surface area contributed by atoms with Crippen LogP contribution in [0.4, 0.5) is 8.78 Å². The van der Waals surface area contributed by atoms with E-state index in [1.165, 1.54) is 0 Å². The van der Waals surface area contributed by atoms with Gasteiger partial charge in [0.05, 0.1) is 18.4 Å². The van der Waals surface area contributed by atoms with Crippen LogP contribution in [-0.2, 0) is 28.6 Å². The van der Waals surface area contributed by atoms with E-state index in [0.717, 1.165) is 0 Å². The lowest BCUT2D eigenvalue weighted by molar-refractivity contribution is -0.186. The maximum absolute atomic E-state index is 13.1. The highest BCUT2D eigenvalue weighted by Gasteiger charge is 2.70. The number of alkyl halides is 2. The second-order valence-corrected chi connectivity index (χ2v) is 6.52. The van der Waals surface area contributed by atoms with E-state index in [0.29, 0.717) is 13.3 Å². The number of halogens is 2. The number of fused-ring (bicyclic) bond motifs is 1. The molecule has 24 heavy (non-hydrogen) atoms. The molecule has 6 atom stereocenters. The number of ether oxygens (including phenoxy) is 3. The minimum atomic E-state index is -3.67. The summed E-state index contributed by atoms with van der Waals surface area (Å²) in [6.07, 6.45) is -1.20. The van der Waals surface area contributed by atoms with E-state index in [9.17, 15) is 23.2 Å². The predicted molar refractivity (Wildman–Crippen MR) is 71.6 cm³/mol. The Bertz CT molecular complexity index is 559. The summed E-state index contributed by atoms with van der Waals surface area (Å²) in [5, 5.41) is 8.72. The van der Waals surface area contributed by atoms with Crippen LogP contribution in [-0.4, -0.2) is 54.4 Å². The number of esters is 3. The number of aliphatic hydroxyl groups excluding tert-OH is 1. The fourth-order valence-corrected chi connectivity index (χ4v) is 4.03. The van der Waals surface area contributed by atoms with Crippen LogP contribution >= 0.6 is 0 Å². The highest BCUT2D eigenvalue weighted by molar-refractivity contribution is 5.86. The van der Waals surface area contributed by atoms with Gasteiger partial charge in [0.25, 0.3) is 0 Å². The summed E-state index contributed by atoms with van der Waals surface area (Å²) in [4.78, 5) is 35.8. The van der Waals surface area contributed by atoms with Crippen molar-refractivity contribution in [3.8, 4) is 0 Å². The minimum Gasteiger partial charge on any atom is -0.465 e. The van der Waals surface area contributed by atoms with Gasteiger partial charge in [-0.15, -0.1) is 0 Å². The molecular formula is C15H18F2O7. The van der Waals surface area contributed by atoms with Gasteiger partial charge >= 0.3 is 23.8 Å². The lowest BCUT2D eigenvalue weighted by atomic mass is 9.78. The molecule has 6 unspecified atom stereocenters. The number of aliphatic hydroxyl groups is 1. The van der Waals surface area contributed by atoms with Gasteiger partial charge in [-0.2, -0.15) is 8.78 Å². The Morgan fingerprint density at radius 1 is 1.38 bits per heavy atom. The van der Waals surface area contributed by atoms with E-state index in [4.69, 9.17) is 19.3 Å². The zero-order valence-electron chi connectivity index (χ0n) is 12.9. The van der Waals surface area contributed by atoms with Gasteiger partial charge in [-0.1, -0.05) is 0 Å². The second-order valence-electron chi connectivity index (χ2n) is 6.52. The summed E-state index contributed by atoms with van der Waals surface area (Å²) < 4.78 is 41.3. The molecule has 0 radical (unpaired) electrons. The van der Waals surface area contributed by atoms with E-state index in [1.807, 2.05) is 0 Å². The lowest BCUT2D eigenvalue weighted by Gasteiger charge is -2.30. The molecule has 3 aliphatic rings. The van der Waals surface area contributed by atoms with Crippen molar-refractivity contribution in [3.63, 3.8) is 0 Å². The quantitative estimate of drug-likeness (QED) is 0.418. The summed E-state index contributed by atoms with van der Waals surface area (Å²) in [6.45, 7) is 0.266. The first-order valence-corrected chi connectivity index (χ1v) is 7.82. The van der Waals surface area contributed by atoms with Crippen molar-refractivity contribution in [2.75, 3.05) is 13.2 Å². The SMILES string of the molecule is CC(F)(F)C(=O)OC1C2CC3C1OC(=O)C3C2C(=O)OCCCO. The molecule has 7 nitrogen and oxygen atoms in total. The maximum atomic E-state index is 13.1. The predicted octanol–water partition coefficient (Wildman–Crippen LogP) is 0.287. The summed E-state index contributed by atoms with van der Waals surface area (Å²) in [5.41, 5.74) is 0. The zero-order chi connectivity index (χ0) is 17.6. The summed E-state index contributed by atoms with van der Waals surface area (Å²) in [7, 11) is 0. The lowest BCUT2D eigenvalue weighted by Crippen LogP contribution is -2.45. The number of hydrogen-bond acceptors (Lipinski definition) is 7. The first-order chi connectivity index (χ1) is 11.3. The first-order valence-electron chi connectivity index (χ1n) is 7.82. The number of carbonyl (C=O) groups excluding carboxylic acids is 3. The molecule has 2 saturated carbocycles. The van der Waals surface area contributed by atoms with E-state index in [1.54, 1.807) is 0 Å². The normalized spacial score (nSPS) is 36.6. The van der Waals surface area contributed by atoms with Crippen LogP contribution in [0.2, 0.25) is 0 Å². The van der Waals surface area contributed by atoms with E-state index < -0.39 is 53.8 Å². The summed E-state index contributed by atoms with van der Waals surface area (Å²) in [6, 6.07) is 0. The molecule has 0 amide bonds. The third-order valence-electron chi connectivity index (χ3n) is 4.97. The molecule has 2 aliphatic carbocycles. The van der Waals surface area contributed by atoms with Crippen LogP contribution in [0.1, 0.15) is 19.8 Å². The Morgan fingerprint density at radius 2 is 2.08 bits per heavy atom. The number of carbonyl (C=O) groups is 3. The van der Waals surface area contributed by atoms with Gasteiger partial charge < -0.3 is 19.3 Å². The second kappa shape index (κ2) is 5.94. The molecule has 1 saturated heterocycles. The topological polar surface area (TPSA) is 99.1 Å². The van der Waals surface area contributed by atoms with Crippen molar-refractivity contribution in [1.29, 1.82) is 0 Å². The van der Waals surface area contributed by atoms with Crippen LogP contribution in [0, 0.1) is 23.7 Å². The molecule has 0 aromatic carbocycles. The fraction of sp³-hybridized carbons (Fsp3) is 0.800. The Labute approximate surface area is 136 Å². The van der Waals surface area contributed by atoms with Gasteiger partial charge in [-0.3, -0.25) is 9.59 Å². The third-order valence-corrected chi connectivity index (χ3v) is 4.97. The van der Waals surface area contributed by atoms with Crippen molar-refractivity contribution in [2.45, 2.75) is 37.9 Å². The molecule has 3 rings (SSSR count). The van der Waals surface area contributed by atoms with Crippen molar-refractivity contribution < 1.29 is 42.5 Å². The van der Waals surface area contributed by atoms with Crippen LogP contribution < -0.4 is 0 Å². The number of rotatable bonds is 6. The largest absolute Gasteiger partial charge is 0.465 e. The average Bonchev–Trinajstić information content (AvgIpc) is 3.09. The molecular weight excluding hydrogens is 330 g/mol. The maximum Gasteiger partial charge on any atom is 0.377 e. The van der Waals surface area contributed by atoms with Crippen molar-refractivity contribution in [2.24, 2.45) is 23.7 Å².